The molecule has 104 valence electrons. The van der Waals surface area contributed by atoms with Crippen LogP contribution in [0.3, 0.4) is 0 Å². The number of amides is 1. The summed E-state index contributed by atoms with van der Waals surface area (Å²) in [5.41, 5.74) is 5.88. The van der Waals surface area contributed by atoms with Crippen molar-refractivity contribution >= 4 is 28.7 Å². The number of fused-ring (bicyclic) bond motifs is 1. The number of nitrogens with one attached hydrogen (secondary N) is 2. The average Bonchev–Trinajstić information content (AvgIpc) is 2.80. The molecule has 1 unspecified atom stereocenters. The van der Waals surface area contributed by atoms with E-state index in [-0.39, 0.29) is 11.8 Å². The third-order valence-electron chi connectivity index (χ3n) is 3.27. The molecule has 1 aromatic carbocycles. The SMILES string of the molecule is CCNc1nc2cc(C3=NNC(=O)CC3C)ccc2o1. The molecule has 0 saturated carbocycles. The molecular formula is C14H16N4O2. The molecule has 0 fully saturated rings. The lowest BCUT2D eigenvalue weighted by atomic mass is 9.94. The van der Waals surface area contributed by atoms with Gasteiger partial charge in [0.1, 0.15) is 5.52 Å². The van der Waals surface area contributed by atoms with Gasteiger partial charge in [0.2, 0.25) is 5.91 Å². The van der Waals surface area contributed by atoms with Crippen LogP contribution in [-0.4, -0.2) is 23.1 Å². The Labute approximate surface area is 116 Å². The number of benzene rings is 1. The van der Waals surface area contributed by atoms with E-state index in [2.05, 4.69) is 20.8 Å². The van der Waals surface area contributed by atoms with Crippen LogP contribution >= 0.6 is 0 Å². The Morgan fingerprint density at radius 2 is 2.35 bits per heavy atom. The summed E-state index contributed by atoms with van der Waals surface area (Å²) in [4.78, 5) is 15.7. The number of hydrogen-bond donors (Lipinski definition) is 2. The normalized spacial score (nSPS) is 18.8. The molecule has 6 nitrogen and oxygen atoms in total. The van der Waals surface area contributed by atoms with Gasteiger partial charge in [0, 0.05) is 24.4 Å². The van der Waals surface area contributed by atoms with Crippen molar-refractivity contribution in [1.29, 1.82) is 0 Å². The fourth-order valence-corrected chi connectivity index (χ4v) is 2.32. The van der Waals surface area contributed by atoms with E-state index in [0.29, 0.717) is 12.4 Å². The molecule has 1 amide bonds. The van der Waals surface area contributed by atoms with E-state index in [4.69, 9.17) is 4.42 Å². The number of hydrazone groups is 1. The Morgan fingerprint density at radius 3 is 3.10 bits per heavy atom. The average molecular weight is 272 g/mol. The van der Waals surface area contributed by atoms with Crippen LogP contribution in [0, 0.1) is 5.92 Å². The van der Waals surface area contributed by atoms with Crippen LogP contribution in [0.5, 0.6) is 0 Å². The van der Waals surface area contributed by atoms with Crippen molar-refractivity contribution in [1.82, 2.24) is 10.4 Å². The van der Waals surface area contributed by atoms with Crippen molar-refractivity contribution in [2.24, 2.45) is 11.0 Å². The molecule has 2 heterocycles. The first kappa shape index (κ1) is 12.7. The van der Waals surface area contributed by atoms with Crippen LogP contribution in [-0.2, 0) is 4.79 Å². The minimum Gasteiger partial charge on any atom is -0.424 e. The summed E-state index contributed by atoms with van der Waals surface area (Å²) >= 11 is 0. The van der Waals surface area contributed by atoms with Gasteiger partial charge < -0.3 is 9.73 Å². The van der Waals surface area contributed by atoms with E-state index in [0.717, 1.165) is 28.9 Å². The second kappa shape index (κ2) is 4.96. The predicted octanol–water partition coefficient (Wildman–Crippen LogP) is 2.12. The van der Waals surface area contributed by atoms with Crippen molar-refractivity contribution in [2.75, 3.05) is 11.9 Å². The summed E-state index contributed by atoms with van der Waals surface area (Å²) in [6, 6.07) is 6.28. The molecule has 1 aromatic heterocycles. The highest BCUT2D eigenvalue weighted by Gasteiger charge is 2.22. The van der Waals surface area contributed by atoms with Crippen LogP contribution < -0.4 is 10.7 Å². The first-order chi connectivity index (χ1) is 9.67. The fraction of sp³-hybridized carbons (Fsp3) is 0.357. The summed E-state index contributed by atoms with van der Waals surface area (Å²) in [6.45, 7) is 4.74. The van der Waals surface area contributed by atoms with Gasteiger partial charge in [-0.05, 0) is 25.1 Å². The van der Waals surface area contributed by atoms with Gasteiger partial charge in [-0.3, -0.25) is 4.79 Å². The predicted molar refractivity (Wildman–Crippen MR) is 76.6 cm³/mol. The monoisotopic (exact) mass is 272 g/mol. The molecule has 1 aliphatic heterocycles. The Hall–Kier alpha value is -2.37. The standard InChI is InChI=1S/C14H16N4O2/c1-3-15-14-16-10-7-9(4-5-11(10)20-14)13-8(2)6-12(19)17-18-13/h4-5,7-8H,3,6H2,1-2H3,(H,15,16)(H,17,19). The lowest BCUT2D eigenvalue weighted by Gasteiger charge is -2.18. The van der Waals surface area contributed by atoms with E-state index in [1.165, 1.54) is 0 Å². The maximum Gasteiger partial charge on any atom is 0.295 e. The van der Waals surface area contributed by atoms with Crippen LogP contribution in [0.25, 0.3) is 11.1 Å². The lowest BCUT2D eigenvalue weighted by molar-refractivity contribution is -0.121. The topological polar surface area (TPSA) is 79.5 Å². The summed E-state index contributed by atoms with van der Waals surface area (Å²) in [7, 11) is 0. The van der Waals surface area contributed by atoms with E-state index < -0.39 is 0 Å². The highest BCUT2D eigenvalue weighted by atomic mass is 16.4. The zero-order valence-electron chi connectivity index (χ0n) is 11.4. The number of anilines is 1. The molecule has 6 heteroatoms. The van der Waals surface area contributed by atoms with Crippen molar-refractivity contribution in [3.8, 4) is 0 Å². The van der Waals surface area contributed by atoms with Crippen molar-refractivity contribution in [2.45, 2.75) is 20.3 Å². The number of carbonyl (C=O) groups is 1. The minimum absolute atomic E-state index is 0.0433. The van der Waals surface area contributed by atoms with E-state index in [1.807, 2.05) is 32.0 Å². The molecule has 0 spiro atoms. The first-order valence-electron chi connectivity index (χ1n) is 6.68. The van der Waals surface area contributed by atoms with E-state index in [9.17, 15) is 4.79 Å². The molecule has 1 aliphatic rings. The molecule has 0 aliphatic carbocycles. The molecule has 3 rings (SSSR count). The highest BCUT2D eigenvalue weighted by molar-refractivity contribution is 6.07. The summed E-state index contributed by atoms with van der Waals surface area (Å²) < 4.78 is 5.56. The number of oxazole rings is 1. The number of nitrogens with zero attached hydrogens (tertiary/aromatic N) is 2. The smallest absolute Gasteiger partial charge is 0.295 e. The van der Waals surface area contributed by atoms with Crippen LogP contribution in [0.2, 0.25) is 0 Å². The zero-order chi connectivity index (χ0) is 14.1. The van der Waals surface area contributed by atoms with Gasteiger partial charge in [-0.25, -0.2) is 5.43 Å². The van der Waals surface area contributed by atoms with Crippen molar-refractivity contribution < 1.29 is 9.21 Å². The van der Waals surface area contributed by atoms with Gasteiger partial charge in [0.25, 0.3) is 6.01 Å². The second-order valence-corrected chi connectivity index (χ2v) is 4.87. The van der Waals surface area contributed by atoms with Crippen molar-refractivity contribution in [3.05, 3.63) is 23.8 Å². The van der Waals surface area contributed by atoms with Crippen LogP contribution in [0.4, 0.5) is 6.01 Å². The van der Waals surface area contributed by atoms with E-state index >= 15 is 0 Å². The summed E-state index contributed by atoms with van der Waals surface area (Å²) in [5.74, 6) is 0.0551. The Balaban J connectivity index is 1.98. The van der Waals surface area contributed by atoms with Gasteiger partial charge in [0.05, 0.1) is 5.71 Å². The molecular weight excluding hydrogens is 256 g/mol. The quantitative estimate of drug-likeness (QED) is 0.897. The van der Waals surface area contributed by atoms with Gasteiger partial charge >= 0.3 is 0 Å². The van der Waals surface area contributed by atoms with Crippen molar-refractivity contribution in [3.63, 3.8) is 0 Å². The Kier molecular flexibility index (Phi) is 3.14. The molecule has 2 aromatic rings. The second-order valence-electron chi connectivity index (χ2n) is 4.87. The number of carbonyl (C=O) groups excluding carboxylic acids is 1. The molecule has 0 bridgehead atoms. The number of aromatic nitrogens is 1. The maximum atomic E-state index is 11.3. The lowest BCUT2D eigenvalue weighted by Crippen LogP contribution is -2.31. The number of rotatable bonds is 3. The van der Waals surface area contributed by atoms with Gasteiger partial charge in [-0.1, -0.05) is 6.92 Å². The van der Waals surface area contributed by atoms with Crippen LogP contribution in [0.1, 0.15) is 25.8 Å². The Morgan fingerprint density at radius 1 is 1.50 bits per heavy atom. The van der Waals surface area contributed by atoms with Gasteiger partial charge in [-0.2, -0.15) is 10.1 Å². The van der Waals surface area contributed by atoms with Gasteiger partial charge in [0.15, 0.2) is 5.58 Å². The first-order valence-corrected chi connectivity index (χ1v) is 6.68. The molecule has 0 radical (unpaired) electrons. The summed E-state index contributed by atoms with van der Waals surface area (Å²) in [6.07, 6.45) is 0.457. The minimum atomic E-state index is -0.0433. The summed E-state index contributed by atoms with van der Waals surface area (Å²) in [5, 5.41) is 7.20. The molecule has 0 saturated heterocycles. The van der Waals surface area contributed by atoms with Crippen LogP contribution in [0.15, 0.2) is 27.7 Å². The largest absolute Gasteiger partial charge is 0.424 e. The highest BCUT2D eigenvalue weighted by Crippen LogP contribution is 2.23. The molecule has 2 N–H and O–H groups in total. The third kappa shape index (κ3) is 2.24. The fourth-order valence-electron chi connectivity index (χ4n) is 2.32. The Bertz CT molecular complexity index is 690. The molecule has 20 heavy (non-hydrogen) atoms. The maximum absolute atomic E-state index is 11.3. The van der Waals surface area contributed by atoms with E-state index in [1.54, 1.807) is 0 Å². The third-order valence-corrected chi connectivity index (χ3v) is 3.27. The number of hydrogen-bond acceptors (Lipinski definition) is 5. The zero-order valence-corrected chi connectivity index (χ0v) is 11.4. The molecule has 1 atom stereocenters. The van der Waals surface area contributed by atoms with Gasteiger partial charge in [-0.15, -0.1) is 0 Å².